The molecule has 5 rings (SSSR count). The molecule has 0 unspecified atom stereocenters. The summed E-state index contributed by atoms with van der Waals surface area (Å²) in [5, 5.41) is 34.5. The van der Waals surface area contributed by atoms with Crippen LogP contribution in [-0.4, -0.2) is 100 Å². The predicted molar refractivity (Wildman–Crippen MR) is 158 cm³/mol. The third-order valence-electron chi connectivity index (χ3n) is 7.62. The molecule has 40 heavy (non-hydrogen) atoms. The lowest BCUT2D eigenvalue weighted by Gasteiger charge is -2.32. The molecule has 214 valence electrons. The Bertz CT molecular complexity index is 1260. The van der Waals surface area contributed by atoms with E-state index >= 15 is 0 Å². The third kappa shape index (κ3) is 6.44. The van der Waals surface area contributed by atoms with E-state index in [1.54, 1.807) is 0 Å². The van der Waals surface area contributed by atoms with Crippen LogP contribution >= 0.6 is 0 Å². The van der Waals surface area contributed by atoms with Crippen LogP contribution in [0, 0.1) is 6.92 Å². The summed E-state index contributed by atoms with van der Waals surface area (Å²) in [5.41, 5.74) is 4.90. The summed E-state index contributed by atoms with van der Waals surface area (Å²) >= 11 is 0. The van der Waals surface area contributed by atoms with Crippen molar-refractivity contribution in [2.24, 2.45) is 0 Å². The van der Waals surface area contributed by atoms with Gasteiger partial charge in [0.1, 0.15) is 17.3 Å². The number of likely N-dealkylation sites (N-methyl/N-ethyl adjacent to an activating group) is 1. The van der Waals surface area contributed by atoms with Gasteiger partial charge in [0.15, 0.2) is 0 Å². The van der Waals surface area contributed by atoms with Gasteiger partial charge in [-0.15, -0.1) is 0 Å². The number of anilines is 2. The van der Waals surface area contributed by atoms with Gasteiger partial charge in [0.2, 0.25) is 5.95 Å². The molecule has 5 N–H and O–H groups in total. The largest absolute Gasteiger partial charge is 0.395 e. The second-order valence-electron chi connectivity index (χ2n) is 10.5. The monoisotopic (exact) mass is 547 g/mol. The Balaban J connectivity index is 1.45. The highest BCUT2D eigenvalue weighted by atomic mass is 16.3. The van der Waals surface area contributed by atoms with Crippen molar-refractivity contribution in [3.05, 3.63) is 59.7 Å². The van der Waals surface area contributed by atoms with Crippen molar-refractivity contribution >= 4 is 11.8 Å². The molecule has 11 heteroatoms. The Morgan fingerprint density at radius 1 is 1.02 bits per heavy atom. The zero-order valence-electron chi connectivity index (χ0n) is 23.5. The van der Waals surface area contributed by atoms with Crippen LogP contribution < -0.4 is 20.9 Å². The van der Waals surface area contributed by atoms with Crippen molar-refractivity contribution in [1.82, 2.24) is 35.3 Å². The van der Waals surface area contributed by atoms with Crippen molar-refractivity contribution in [3.8, 4) is 16.9 Å². The van der Waals surface area contributed by atoms with E-state index in [1.165, 1.54) is 5.57 Å². The number of benzene rings is 1. The lowest BCUT2D eigenvalue weighted by atomic mass is 9.92. The van der Waals surface area contributed by atoms with Crippen LogP contribution in [0.1, 0.15) is 24.8 Å². The average Bonchev–Trinajstić information content (AvgIpc) is 3.28. The fourth-order valence-corrected chi connectivity index (χ4v) is 4.96. The fraction of sp³-hybridized carbons (Fsp3) is 0.483. The molecule has 11 nitrogen and oxygen atoms in total. The zero-order valence-corrected chi connectivity index (χ0v) is 23.5. The number of aromatic nitrogens is 4. The van der Waals surface area contributed by atoms with Gasteiger partial charge in [-0.3, -0.25) is 0 Å². The molecule has 0 bridgehead atoms. The number of allylic oxidation sites excluding steroid dienone is 1. The van der Waals surface area contributed by atoms with E-state index in [-0.39, 0.29) is 19.3 Å². The van der Waals surface area contributed by atoms with E-state index in [0.717, 1.165) is 85.5 Å². The molecule has 3 aromatic rings. The molecule has 0 radical (unpaired) electrons. The van der Waals surface area contributed by atoms with Crippen LogP contribution in [0.25, 0.3) is 16.9 Å². The van der Waals surface area contributed by atoms with Crippen molar-refractivity contribution in [2.75, 3.05) is 69.7 Å². The van der Waals surface area contributed by atoms with E-state index in [9.17, 15) is 5.11 Å². The molecule has 1 aliphatic heterocycles. The topological polar surface area (TPSA) is 127 Å². The van der Waals surface area contributed by atoms with Gasteiger partial charge in [0.25, 0.3) is 0 Å². The van der Waals surface area contributed by atoms with Crippen molar-refractivity contribution in [3.63, 3.8) is 0 Å². The minimum absolute atomic E-state index is 0.0317. The molecule has 0 spiro atoms. The highest BCUT2D eigenvalue weighted by molar-refractivity contribution is 5.71. The molecule has 3 heterocycles. The molecule has 2 fully saturated rings. The molecule has 1 aliphatic carbocycles. The predicted octanol–water partition coefficient (Wildman–Crippen LogP) is 1.73. The van der Waals surface area contributed by atoms with Crippen molar-refractivity contribution in [2.45, 2.75) is 32.2 Å². The number of aliphatic hydroxyl groups is 2. The lowest BCUT2D eigenvalue weighted by Crippen LogP contribution is -2.45. The SMILES string of the molecule is Cc1c(-c2cnc(N3CCN(C)CC3)nc2)nn(-c2ccccc2)c1NC(N[C@@H](CO)CNCCO)=C1CCC1. The number of rotatable bonds is 12. The lowest BCUT2D eigenvalue weighted by molar-refractivity contribution is 0.239. The van der Waals surface area contributed by atoms with Gasteiger partial charge in [-0.25, -0.2) is 14.6 Å². The number of para-hydroxylation sites is 1. The third-order valence-corrected chi connectivity index (χ3v) is 7.62. The summed E-state index contributed by atoms with van der Waals surface area (Å²) in [7, 11) is 2.14. The molecule has 2 aromatic heterocycles. The van der Waals surface area contributed by atoms with Gasteiger partial charge >= 0.3 is 0 Å². The van der Waals surface area contributed by atoms with Crippen LogP contribution in [0.5, 0.6) is 0 Å². The minimum Gasteiger partial charge on any atom is -0.395 e. The van der Waals surface area contributed by atoms with Gasteiger partial charge in [0.05, 0.1) is 24.9 Å². The molecule has 2 aliphatic rings. The molecule has 1 saturated heterocycles. The van der Waals surface area contributed by atoms with Crippen molar-refractivity contribution in [1.29, 1.82) is 0 Å². The summed E-state index contributed by atoms with van der Waals surface area (Å²) in [6.45, 7) is 6.95. The Morgan fingerprint density at radius 3 is 2.38 bits per heavy atom. The Labute approximate surface area is 235 Å². The number of hydrogen-bond donors (Lipinski definition) is 5. The van der Waals surface area contributed by atoms with Gasteiger partial charge in [-0.1, -0.05) is 18.2 Å². The quantitative estimate of drug-likeness (QED) is 0.214. The second kappa shape index (κ2) is 13.2. The Hall–Kier alpha value is -3.51. The summed E-state index contributed by atoms with van der Waals surface area (Å²) in [6.07, 6.45) is 6.89. The van der Waals surface area contributed by atoms with Gasteiger partial charge in [-0.2, -0.15) is 5.10 Å². The van der Waals surface area contributed by atoms with Crippen LogP contribution in [0.15, 0.2) is 54.1 Å². The highest BCUT2D eigenvalue weighted by Crippen LogP contribution is 2.33. The highest BCUT2D eigenvalue weighted by Gasteiger charge is 2.24. The van der Waals surface area contributed by atoms with Gasteiger partial charge in [0, 0.05) is 62.8 Å². The first kappa shape index (κ1) is 28.0. The second-order valence-corrected chi connectivity index (χ2v) is 10.5. The fourth-order valence-electron chi connectivity index (χ4n) is 4.96. The zero-order chi connectivity index (χ0) is 27.9. The van der Waals surface area contributed by atoms with E-state index in [4.69, 9.17) is 20.2 Å². The standard InChI is InChI=1S/C29H41N9O2/c1-21-26(23-17-31-29(32-18-23)37-14-12-36(2)13-15-37)35-38(25-9-4-3-5-10-25)28(21)34-27(22-7-6-8-22)33-24(20-40)19-30-11-16-39/h3-5,9-10,17-18,24,30,33-34,39-40H,6-8,11-16,19-20H2,1-2H3/t24-/m1/s1. The van der Waals surface area contributed by atoms with Crippen LogP contribution in [0.4, 0.5) is 11.8 Å². The normalized spacial score (nSPS) is 16.5. The van der Waals surface area contributed by atoms with E-state index in [1.807, 2.05) is 47.4 Å². The van der Waals surface area contributed by atoms with Gasteiger partial charge < -0.3 is 36.0 Å². The molecule has 0 amide bonds. The Morgan fingerprint density at radius 2 is 1.75 bits per heavy atom. The molecule has 1 atom stereocenters. The van der Waals surface area contributed by atoms with E-state index in [2.05, 4.69) is 39.7 Å². The maximum Gasteiger partial charge on any atom is 0.225 e. The summed E-state index contributed by atoms with van der Waals surface area (Å²) in [4.78, 5) is 14.0. The maximum absolute atomic E-state index is 10.0. The summed E-state index contributed by atoms with van der Waals surface area (Å²) in [6, 6.07) is 9.86. The first-order valence-electron chi connectivity index (χ1n) is 14.2. The smallest absolute Gasteiger partial charge is 0.225 e. The molecule has 1 saturated carbocycles. The Kier molecular flexibility index (Phi) is 9.27. The number of piperazine rings is 1. The molecular formula is C29H41N9O2. The first-order chi connectivity index (χ1) is 19.6. The number of nitrogens with zero attached hydrogens (tertiary/aromatic N) is 6. The van der Waals surface area contributed by atoms with Gasteiger partial charge in [-0.05, 0) is 50.9 Å². The van der Waals surface area contributed by atoms with E-state index in [0.29, 0.717) is 13.1 Å². The van der Waals surface area contributed by atoms with Crippen LogP contribution in [-0.2, 0) is 0 Å². The maximum atomic E-state index is 10.0. The van der Waals surface area contributed by atoms with Crippen LogP contribution in [0.3, 0.4) is 0 Å². The molecule has 1 aromatic carbocycles. The minimum atomic E-state index is -0.203. The molecular weight excluding hydrogens is 506 g/mol. The summed E-state index contributed by atoms with van der Waals surface area (Å²) < 4.78 is 1.93. The average molecular weight is 548 g/mol. The number of hydrogen-bond acceptors (Lipinski definition) is 10. The van der Waals surface area contributed by atoms with Crippen molar-refractivity contribution < 1.29 is 10.2 Å². The first-order valence-corrected chi connectivity index (χ1v) is 14.2. The van der Waals surface area contributed by atoms with Crippen LogP contribution in [0.2, 0.25) is 0 Å². The number of aliphatic hydroxyl groups excluding tert-OH is 2. The number of nitrogens with one attached hydrogen (secondary N) is 3. The van der Waals surface area contributed by atoms with E-state index < -0.39 is 0 Å². The summed E-state index contributed by atoms with van der Waals surface area (Å²) in [5.74, 6) is 2.51.